The van der Waals surface area contributed by atoms with Crippen LogP contribution in [0.15, 0.2) is 0 Å². The average molecular weight is 159 g/mol. The fraction of sp³-hybridized carbons (Fsp3) is 1.00. The van der Waals surface area contributed by atoms with Crippen molar-refractivity contribution in [3.8, 4) is 0 Å². The van der Waals surface area contributed by atoms with Gasteiger partial charge in [-0.25, -0.2) is 0 Å². The van der Waals surface area contributed by atoms with E-state index in [0.717, 1.165) is 19.9 Å². The molecule has 1 aliphatic heterocycles. The van der Waals surface area contributed by atoms with Gasteiger partial charge in [-0.05, 0) is 12.8 Å². The van der Waals surface area contributed by atoms with E-state index in [0.29, 0.717) is 6.04 Å². The van der Waals surface area contributed by atoms with Crippen LogP contribution in [0.1, 0.15) is 12.8 Å². The van der Waals surface area contributed by atoms with Gasteiger partial charge in [0.15, 0.2) is 0 Å². The first-order valence-electron chi connectivity index (χ1n) is 4.10. The second-order valence-electron chi connectivity index (χ2n) is 2.98. The lowest BCUT2D eigenvalue weighted by atomic mass is 10.2. The van der Waals surface area contributed by atoms with Gasteiger partial charge < -0.3 is 9.47 Å². The molecule has 0 amide bonds. The van der Waals surface area contributed by atoms with E-state index in [9.17, 15) is 0 Å². The maximum absolute atomic E-state index is 5.11. The summed E-state index contributed by atoms with van der Waals surface area (Å²) in [6, 6.07) is 0.583. The van der Waals surface area contributed by atoms with Crippen molar-refractivity contribution < 1.29 is 9.47 Å². The molecule has 0 radical (unpaired) electrons. The number of hydrogen-bond acceptors (Lipinski definition) is 3. The molecule has 1 atom stereocenters. The predicted octanol–water partition coefficient (Wildman–Crippen LogP) is 0.701. The zero-order chi connectivity index (χ0) is 8.10. The quantitative estimate of drug-likeness (QED) is 0.602. The Morgan fingerprint density at radius 2 is 2.18 bits per heavy atom. The molecule has 1 fully saturated rings. The maximum atomic E-state index is 5.11. The van der Waals surface area contributed by atoms with Crippen LogP contribution in [0.2, 0.25) is 0 Å². The first-order chi connectivity index (χ1) is 5.38. The first-order valence-corrected chi connectivity index (χ1v) is 4.10. The minimum absolute atomic E-state index is 0.583. The van der Waals surface area contributed by atoms with Crippen molar-refractivity contribution >= 4 is 0 Å². The van der Waals surface area contributed by atoms with Crippen LogP contribution in [0.5, 0.6) is 0 Å². The number of likely N-dealkylation sites (tertiary alicyclic amines) is 1. The number of methoxy groups -OCH3 is 2. The highest BCUT2D eigenvalue weighted by molar-refractivity contribution is 4.76. The van der Waals surface area contributed by atoms with Crippen molar-refractivity contribution in [3.05, 3.63) is 0 Å². The predicted molar refractivity (Wildman–Crippen MR) is 43.5 cm³/mol. The topological polar surface area (TPSA) is 21.7 Å². The Hall–Kier alpha value is -0.120. The molecule has 0 aromatic rings. The third kappa shape index (κ3) is 2.43. The normalized spacial score (nSPS) is 26.2. The summed E-state index contributed by atoms with van der Waals surface area (Å²) in [6.07, 6.45) is 2.52. The molecule has 0 aliphatic carbocycles. The van der Waals surface area contributed by atoms with Crippen molar-refractivity contribution in [3.63, 3.8) is 0 Å². The summed E-state index contributed by atoms with van der Waals surface area (Å²) in [4.78, 5) is 2.32. The molecule has 66 valence electrons. The molecule has 1 heterocycles. The van der Waals surface area contributed by atoms with Gasteiger partial charge >= 0.3 is 0 Å². The molecule has 1 rings (SSSR count). The minimum atomic E-state index is 0.583. The molecule has 0 aromatic carbocycles. The van der Waals surface area contributed by atoms with E-state index in [1.54, 1.807) is 14.2 Å². The van der Waals surface area contributed by atoms with Crippen LogP contribution in [-0.4, -0.2) is 45.0 Å². The largest absolute Gasteiger partial charge is 0.383 e. The lowest BCUT2D eigenvalue weighted by Crippen LogP contribution is -2.34. The molecule has 11 heavy (non-hydrogen) atoms. The lowest BCUT2D eigenvalue weighted by Gasteiger charge is -2.22. The van der Waals surface area contributed by atoms with Crippen LogP contribution in [0, 0.1) is 0 Å². The molecule has 0 unspecified atom stereocenters. The van der Waals surface area contributed by atoms with Gasteiger partial charge in [-0.15, -0.1) is 0 Å². The van der Waals surface area contributed by atoms with E-state index in [-0.39, 0.29) is 0 Å². The second kappa shape index (κ2) is 4.70. The van der Waals surface area contributed by atoms with Gasteiger partial charge in [0, 0.05) is 26.8 Å². The SMILES string of the molecule is COC[C@H]1CCCN1COC. The van der Waals surface area contributed by atoms with Crippen molar-refractivity contribution in [1.82, 2.24) is 4.90 Å². The molecule has 1 saturated heterocycles. The van der Waals surface area contributed by atoms with Crippen LogP contribution < -0.4 is 0 Å². The number of rotatable bonds is 4. The summed E-state index contributed by atoms with van der Waals surface area (Å²) < 4.78 is 10.2. The standard InChI is InChI=1S/C8H17NO2/c1-10-6-8-4-3-5-9(8)7-11-2/h8H,3-7H2,1-2H3/t8-/m1/s1. The summed E-state index contributed by atoms with van der Waals surface area (Å²) in [5.74, 6) is 0. The molecular formula is C8H17NO2. The summed E-state index contributed by atoms with van der Waals surface area (Å²) in [6.45, 7) is 2.74. The van der Waals surface area contributed by atoms with Crippen molar-refractivity contribution in [2.75, 3.05) is 34.1 Å². The Labute approximate surface area is 68.3 Å². The minimum Gasteiger partial charge on any atom is -0.383 e. The highest BCUT2D eigenvalue weighted by Gasteiger charge is 2.23. The first kappa shape index (κ1) is 8.97. The molecular weight excluding hydrogens is 142 g/mol. The monoisotopic (exact) mass is 159 g/mol. The van der Waals surface area contributed by atoms with Gasteiger partial charge in [0.25, 0.3) is 0 Å². The van der Waals surface area contributed by atoms with Crippen LogP contribution in [0.4, 0.5) is 0 Å². The van der Waals surface area contributed by atoms with Gasteiger partial charge in [0.1, 0.15) is 0 Å². The fourth-order valence-corrected chi connectivity index (χ4v) is 1.61. The lowest BCUT2D eigenvalue weighted by molar-refractivity contribution is 0.0275. The molecule has 0 bridgehead atoms. The Bertz CT molecular complexity index is 96.3. The fourth-order valence-electron chi connectivity index (χ4n) is 1.61. The van der Waals surface area contributed by atoms with Crippen molar-refractivity contribution in [1.29, 1.82) is 0 Å². The zero-order valence-corrected chi connectivity index (χ0v) is 7.38. The smallest absolute Gasteiger partial charge is 0.0989 e. The van der Waals surface area contributed by atoms with Gasteiger partial charge in [-0.2, -0.15) is 0 Å². The summed E-state index contributed by atoms with van der Waals surface area (Å²) in [5, 5.41) is 0. The van der Waals surface area contributed by atoms with Crippen LogP contribution >= 0.6 is 0 Å². The highest BCUT2D eigenvalue weighted by atomic mass is 16.5. The molecule has 0 saturated carbocycles. The van der Waals surface area contributed by atoms with Gasteiger partial charge in [-0.3, -0.25) is 4.90 Å². The Morgan fingerprint density at radius 1 is 1.36 bits per heavy atom. The number of nitrogens with zero attached hydrogens (tertiary/aromatic N) is 1. The van der Waals surface area contributed by atoms with Crippen molar-refractivity contribution in [2.45, 2.75) is 18.9 Å². The van der Waals surface area contributed by atoms with Gasteiger partial charge in [0.2, 0.25) is 0 Å². The second-order valence-corrected chi connectivity index (χ2v) is 2.98. The van der Waals surface area contributed by atoms with E-state index in [1.165, 1.54) is 12.8 Å². The molecule has 1 aliphatic rings. The van der Waals surface area contributed by atoms with Crippen LogP contribution in [0.25, 0.3) is 0 Å². The summed E-state index contributed by atoms with van der Waals surface area (Å²) in [5.41, 5.74) is 0. The van der Waals surface area contributed by atoms with Gasteiger partial charge in [0.05, 0.1) is 13.3 Å². The van der Waals surface area contributed by atoms with E-state index >= 15 is 0 Å². The third-order valence-corrected chi connectivity index (χ3v) is 2.15. The Morgan fingerprint density at radius 3 is 2.82 bits per heavy atom. The Balaban J connectivity index is 2.25. The van der Waals surface area contributed by atoms with E-state index < -0.39 is 0 Å². The number of ether oxygens (including phenoxy) is 2. The molecule has 0 spiro atoms. The van der Waals surface area contributed by atoms with E-state index in [1.807, 2.05) is 0 Å². The van der Waals surface area contributed by atoms with Crippen molar-refractivity contribution in [2.24, 2.45) is 0 Å². The zero-order valence-electron chi connectivity index (χ0n) is 7.38. The molecule has 0 N–H and O–H groups in total. The third-order valence-electron chi connectivity index (χ3n) is 2.15. The molecule has 0 aromatic heterocycles. The van der Waals surface area contributed by atoms with E-state index in [4.69, 9.17) is 9.47 Å². The van der Waals surface area contributed by atoms with Gasteiger partial charge in [-0.1, -0.05) is 0 Å². The molecule has 3 nitrogen and oxygen atoms in total. The van der Waals surface area contributed by atoms with Crippen LogP contribution in [0.3, 0.4) is 0 Å². The average Bonchev–Trinajstić information content (AvgIpc) is 2.39. The maximum Gasteiger partial charge on any atom is 0.0989 e. The Kier molecular flexibility index (Phi) is 3.83. The number of hydrogen-bond donors (Lipinski definition) is 0. The highest BCUT2D eigenvalue weighted by Crippen LogP contribution is 2.16. The molecule has 3 heteroatoms. The van der Waals surface area contributed by atoms with Crippen LogP contribution in [-0.2, 0) is 9.47 Å². The summed E-state index contributed by atoms with van der Waals surface area (Å²) in [7, 11) is 3.49. The summed E-state index contributed by atoms with van der Waals surface area (Å²) >= 11 is 0. The van der Waals surface area contributed by atoms with E-state index in [2.05, 4.69) is 4.90 Å².